The second kappa shape index (κ2) is 5.65. The third-order valence-electron chi connectivity index (χ3n) is 3.06. The van der Waals surface area contributed by atoms with E-state index in [-0.39, 0.29) is 5.56 Å². The number of para-hydroxylation sites is 2. The average molecular weight is 270 g/mol. The van der Waals surface area contributed by atoms with E-state index in [2.05, 4.69) is 5.32 Å². The van der Waals surface area contributed by atoms with Crippen molar-refractivity contribution in [2.24, 2.45) is 0 Å². The van der Waals surface area contributed by atoms with Crippen molar-refractivity contribution in [3.05, 3.63) is 53.6 Å². The summed E-state index contributed by atoms with van der Waals surface area (Å²) < 4.78 is 0. The lowest BCUT2D eigenvalue weighted by Gasteiger charge is -2.19. The number of nitrogens with one attached hydrogen (secondary N) is 1. The average Bonchev–Trinajstić information content (AvgIpc) is 2.41. The van der Waals surface area contributed by atoms with Gasteiger partial charge in [0.25, 0.3) is 0 Å². The molecule has 0 aliphatic carbocycles. The molecule has 0 fully saturated rings. The number of aryl methyl sites for hydroxylation is 1. The maximum Gasteiger partial charge on any atom is 0.337 e. The summed E-state index contributed by atoms with van der Waals surface area (Å²) in [6, 6.07) is 13.1. The van der Waals surface area contributed by atoms with Crippen molar-refractivity contribution in [3.8, 4) is 0 Å². The molecule has 2 aromatic rings. The summed E-state index contributed by atoms with van der Waals surface area (Å²) in [5, 5.41) is 12.5. The van der Waals surface area contributed by atoms with E-state index < -0.39 is 5.97 Å². The molecule has 104 valence electrons. The molecule has 0 aromatic heterocycles. The van der Waals surface area contributed by atoms with Crippen molar-refractivity contribution in [3.63, 3.8) is 0 Å². The number of hydrogen-bond donors (Lipinski definition) is 2. The van der Waals surface area contributed by atoms with Gasteiger partial charge in [0.15, 0.2) is 0 Å². The van der Waals surface area contributed by atoms with Gasteiger partial charge in [-0.05, 0) is 31.2 Å². The molecule has 2 N–H and O–H groups in total. The van der Waals surface area contributed by atoms with Crippen molar-refractivity contribution in [1.29, 1.82) is 0 Å². The Labute approximate surface area is 118 Å². The van der Waals surface area contributed by atoms with Crippen LogP contribution in [0.4, 0.5) is 17.1 Å². The van der Waals surface area contributed by atoms with Gasteiger partial charge in [0.2, 0.25) is 0 Å². The fourth-order valence-corrected chi connectivity index (χ4v) is 2.06. The highest BCUT2D eigenvalue weighted by Crippen LogP contribution is 2.29. The van der Waals surface area contributed by atoms with Crippen LogP contribution in [-0.2, 0) is 0 Å². The van der Waals surface area contributed by atoms with Crippen LogP contribution in [0.2, 0.25) is 0 Å². The number of carboxylic acid groups (broad SMARTS) is 1. The van der Waals surface area contributed by atoms with E-state index in [0.29, 0.717) is 5.69 Å². The van der Waals surface area contributed by atoms with E-state index in [1.54, 1.807) is 12.1 Å². The molecule has 2 rings (SSSR count). The number of nitrogens with zero attached hydrogens (tertiary/aromatic N) is 1. The molecule has 0 aliphatic rings. The highest BCUT2D eigenvalue weighted by atomic mass is 16.4. The number of benzene rings is 2. The van der Waals surface area contributed by atoms with Crippen LogP contribution in [0, 0.1) is 6.92 Å². The molecule has 2 aromatic carbocycles. The SMILES string of the molecule is Cc1ccc(Nc2ccccc2N(C)C)c(C(=O)O)c1. The van der Waals surface area contributed by atoms with Crippen LogP contribution in [0.3, 0.4) is 0 Å². The second-order valence-electron chi connectivity index (χ2n) is 4.89. The molecule has 4 heteroatoms. The topological polar surface area (TPSA) is 52.6 Å². The van der Waals surface area contributed by atoms with Gasteiger partial charge >= 0.3 is 5.97 Å². The van der Waals surface area contributed by atoms with E-state index in [1.807, 2.05) is 56.3 Å². The Kier molecular flexibility index (Phi) is 3.94. The lowest BCUT2D eigenvalue weighted by Crippen LogP contribution is -2.11. The summed E-state index contributed by atoms with van der Waals surface area (Å²) in [6.45, 7) is 1.88. The summed E-state index contributed by atoms with van der Waals surface area (Å²) in [5.41, 5.74) is 3.68. The van der Waals surface area contributed by atoms with E-state index in [1.165, 1.54) is 0 Å². The van der Waals surface area contributed by atoms with Gasteiger partial charge in [0.05, 0.1) is 22.6 Å². The monoisotopic (exact) mass is 270 g/mol. The molecule has 0 saturated heterocycles. The summed E-state index contributed by atoms with van der Waals surface area (Å²) in [7, 11) is 3.90. The first-order valence-corrected chi connectivity index (χ1v) is 6.36. The third kappa shape index (κ3) is 2.91. The highest BCUT2D eigenvalue weighted by Gasteiger charge is 2.12. The summed E-state index contributed by atoms with van der Waals surface area (Å²) in [5.74, 6) is -0.932. The molecule has 0 amide bonds. The number of carboxylic acids is 1. The molecule has 0 unspecified atom stereocenters. The highest BCUT2D eigenvalue weighted by molar-refractivity contribution is 5.96. The number of carbonyl (C=O) groups is 1. The molecule has 4 nitrogen and oxygen atoms in total. The summed E-state index contributed by atoms with van der Waals surface area (Å²) in [4.78, 5) is 13.3. The molecule has 0 heterocycles. The molecular weight excluding hydrogens is 252 g/mol. The quantitative estimate of drug-likeness (QED) is 0.892. The molecular formula is C16H18N2O2. The van der Waals surface area contributed by atoms with E-state index in [0.717, 1.165) is 16.9 Å². The van der Waals surface area contributed by atoms with Crippen LogP contribution in [0.1, 0.15) is 15.9 Å². The predicted octanol–water partition coefficient (Wildman–Crippen LogP) is 3.50. The standard InChI is InChI=1S/C16H18N2O2/c1-11-8-9-13(12(10-11)16(19)20)17-14-6-4-5-7-15(14)18(2)3/h4-10,17H,1-3H3,(H,19,20). The zero-order valence-corrected chi connectivity index (χ0v) is 11.8. The number of aromatic carboxylic acids is 1. The van der Waals surface area contributed by atoms with Crippen LogP contribution in [0.15, 0.2) is 42.5 Å². The summed E-state index contributed by atoms with van der Waals surface area (Å²) >= 11 is 0. The smallest absolute Gasteiger partial charge is 0.337 e. The predicted molar refractivity (Wildman–Crippen MR) is 82.2 cm³/mol. The second-order valence-corrected chi connectivity index (χ2v) is 4.89. The van der Waals surface area contributed by atoms with Crippen molar-refractivity contribution < 1.29 is 9.90 Å². The van der Waals surface area contributed by atoms with Crippen molar-refractivity contribution >= 4 is 23.0 Å². The molecule has 0 atom stereocenters. The van der Waals surface area contributed by atoms with Crippen LogP contribution >= 0.6 is 0 Å². The normalized spacial score (nSPS) is 10.2. The van der Waals surface area contributed by atoms with Crippen LogP contribution < -0.4 is 10.2 Å². The van der Waals surface area contributed by atoms with Gasteiger partial charge in [-0.1, -0.05) is 23.8 Å². The van der Waals surface area contributed by atoms with Crippen molar-refractivity contribution in [2.45, 2.75) is 6.92 Å². The first kappa shape index (κ1) is 13.9. The zero-order valence-electron chi connectivity index (χ0n) is 11.8. The first-order chi connectivity index (χ1) is 9.49. The lowest BCUT2D eigenvalue weighted by molar-refractivity contribution is 0.0698. The molecule has 0 radical (unpaired) electrons. The Hall–Kier alpha value is -2.49. The lowest BCUT2D eigenvalue weighted by atomic mass is 10.1. The molecule has 0 aliphatic heterocycles. The first-order valence-electron chi connectivity index (χ1n) is 6.36. The Morgan fingerprint density at radius 1 is 1.10 bits per heavy atom. The van der Waals surface area contributed by atoms with Gasteiger partial charge in [-0.2, -0.15) is 0 Å². The Balaban J connectivity index is 2.43. The largest absolute Gasteiger partial charge is 0.478 e. The maximum absolute atomic E-state index is 11.3. The number of anilines is 3. The Bertz CT molecular complexity index is 636. The van der Waals surface area contributed by atoms with Crippen LogP contribution in [0.5, 0.6) is 0 Å². The zero-order chi connectivity index (χ0) is 14.7. The van der Waals surface area contributed by atoms with Crippen molar-refractivity contribution in [1.82, 2.24) is 0 Å². The minimum atomic E-state index is -0.932. The van der Waals surface area contributed by atoms with E-state index >= 15 is 0 Å². The van der Waals surface area contributed by atoms with Gasteiger partial charge in [0.1, 0.15) is 0 Å². The molecule has 0 spiro atoms. The van der Waals surface area contributed by atoms with Crippen LogP contribution in [-0.4, -0.2) is 25.2 Å². The summed E-state index contributed by atoms with van der Waals surface area (Å²) in [6.07, 6.45) is 0. The van der Waals surface area contributed by atoms with Gasteiger partial charge < -0.3 is 15.3 Å². The fourth-order valence-electron chi connectivity index (χ4n) is 2.06. The molecule has 0 bridgehead atoms. The van der Waals surface area contributed by atoms with Crippen molar-refractivity contribution in [2.75, 3.05) is 24.3 Å². The Morgan fingerprint density at radius 3 is 2.45 bits per heavy atom. The van der Waals surface area contributed by atoms with Gasteiger partial charge in [0, 0.05) is 14.1 Å². The van der Waals surface area contributed by atoms with Gasteiger partial charge in [-0.25, -0.2) is 4.79 Å². The fraction of sp³-hybridized carbons (Fsp3) is 0.188. The molecule has 20 heavy (non-hydrogen) atoms. The van der Waals surface area contributed by atoms with E-state index in [4.69, 9.17) is 0 Å². The number of hydrogen-bond acceptors (Lipinski definition) is 3. The van der Waals surface area contributed by atoms with E-state index in [9.17, 15) is 9.90 Å². The minimum Gasteiger partial charge on any atom is -0.478 e. The van der Waals surface area contributed by atoms with Gasteiger partial charge in [-0.3, -0.25) is 0 Å². The number of rotatable bonds is 4. The van der Waals surface area contributed by atoms with Gasteiger partial charge in [-0.15, -0.1) is 0 Å². The molecule has 0 saturated carbocycles. The minimum absolute atomic E-state index is 0.276. The Morgan fingerprint density at radius 2 is 1.80 bits per heavy atom. The van der Waals surface area contributed by atoms with Crippen LogP contribution in [0.25, 0.3) is 0 Å². The third-order valence-corrected chi connectivity index (χ3v) is 3.06. The maximum atomic E-state index is 11.3.